The van der Waals surface area contributed by atoms with E-state index in [1.807, 2.05) is 0 Å². The van der Waals surface area contributed by atoms with Crippen LogP contribution in [0.15, 0.2) is 18.2 Å². The van der Waals surface area contributed by atoms with Crippen LogP contribution in [0.1, 0.15) is 17.3 Å². The lowest BCUT2D eigenvalue weighted by atomic mass is 10.1. The summed E-state index contributed by atoms with van der Waals surface area (Å²) in [4.78, 5) is 23.6. The number of halogens is 3. The Morgan fingerprint density at radius 2 is 1.91 bits per heavy atom. The van der Waals surface area contributed by atoms with Crippen molar-refractivity contribution in [2.24, 2.45) is 0 Å². The molecule has 1 amide bonds. The Balaban J connectivity index is 2.78. The molecule has 0 fully saturated rings. The van der Waals surface area contributed by atoms with E-state index in [4.69, 9.17) is 9.47 Å². The van der Waals surface area contributed by atoms with E-state index in [0.717, 1.165) is 7.05 Å². The van der Waals surface area contributed by atoms with Crippen LogP contribution >= 0.6 is 0 Å². The molecule has 1 rings (SSSR count). The normalized spacial score (nSPS) is 11.0. The van der Waals surface area contributed by atoms with Crippen molar-refractivity contribution in [3.05, 3.63) is 23.8 Å². The van der Waals surface area contributed by atoms with E-state index in [1.54, 1.807) is 6.07 Å². The van der Waals surface area contributed by atoms with Crippen LogP contribution in [0, 0.1) is 0 Å². The van der Waals surface area contributed by atoms with Gasteiger partial charge in [-0.15, -0.1) is 0 Å². The van der Waals surface area contributed by atoms with Gasteiger partial charge in [-0.3, -0.25) is 9.59 Å². The molecule has 8 heteroatoms. The summed E-state index contributed by atoms with van der Waals surface area (Å²) in [7, 11) is 2.44. The maximum atomic E-state index is 12.2. The zero-order chi connectivity index (χ0) is 16.9. The molecule has 0 saturated carbocycles. The molecule has 0 N–H and O–H groups in total. The van der Waals surface area contributed by atoms with Crippen molar-refractivity contribution >= 4 is 11.7 Å². The molecule has 5 nitrogen and oxygen atoms in total. The highest BCUT2D eigenvalue weighted by molar-refractivity contribution is 5.97. The van der Waals surface area contributed by atoms with Gasteiger partial charge in [0.05, 0.1) is 12.7 Å². The van der Waals surface area contributed by atoms with Crippen LogP contribution in [-0.4, -0.2) is 50.1 Å². The number of amides is 1. The van der Waals surface area contributed by atoms with Gasteiger partial charge in [-0.05, 0) is 19.1 Å². The maximum absolute atomic E-state index is 12.2. The van der Waals surface area contributed by atoms with Crippen molar-refractivity contribution in [2.75, 3.05) is 27.3 Å². The number of hydrogen-bond acceptors (Lipinski definition) is 4. The average Bonchev–Trinajstić information content (AvgIpc) is 2.42. The second kappa shape index (κ2) is 7.15. The SMILES string of the molecule is COc1ccc(C(C)=O)c(OCC(=O)N(C)CC(F)(F)F)c1. The van der Waals surface area contributed by atoms with Crippen LogP contribution < -0.4 is 9.47 Å². The highest BCUT2D eigenvalue weighted by Crippen LogP contribution is 2.25. The summed E-state index contributed by atoms with van der Waals surface area (Å²) < 4.78 is 46.8. The van der Waals surface area contributed by atoms with E-state index < -0.39 is 25.2 Å². The molecule has 0 aliphatic rings. The molecule has 1 aromatic rings. The van der Waals surface area contributed by atoms with E-state index in [0.29, 0.717) is 10.6 Å². The summed E-state index contributed by atoms with van der Waals surface area (Å²) in [5.74, 6) is -0.667. The molecule has 22 heavy (non-hydrogen) atoms. The van der Waals surface area contributed by atoms with Gasteiger partial charge in [0.15, 0.2) is 12.4 Å². The van der Waals surface area contributed by atoms with Gasteiger partial charge in [-0.1, -0.05) is 0 Å². The molecule has 0 aliphatic carbocycles. The van der Waals surface area contributed by atoms with Gasteiger partial charge in [0, 0.05) is 13.1 Å². The molecule has 0 unspecified atom stereocenters. The first-order valence-corrected chi connectivity index (χ1v) is 6.26. The molecule has 0 aliphatic heterocycles. The lowest BCUT2D eigenvalue weighted by Gasteiger charge is -2.19. The molecule has 0 aromatic heterocycles. The van der Waals surface area contributed by atoms with Crippen molar-refractivity contribution in [3.63, 3.8) is 0 Å². The third-order valence-corrected chi connectivity index (χ3v) is 2.76. The van der Waals surface area contributed by atoms with Gasteiger partial charge in [-0.25, -0.2) is 0 Å². The van der Waals surface area contributed by atoms with Crippen molar-refractivity contribution in [1.29, 1.82) is 0 Å². The first kappa shape index (κ1) is 17.8. The molecule has 0 radical (unpaired) electrons. The van der Waals surface area contributed by atoms with Crippen molar-refractivity contribution in [1.82, 2.24) is 4.90 Å². The first-order valence-electron chi connectivity index (χ1n) is 6.26. The number of benzene rings is 1. The van der Waals surface area contributed by atoms with E-state index in [2.05, 4.69) is 0 Å². The lowest BCUT2D eigenvalue weighted by molar-refractivity contribution is -0.159. The van der Waals surface area contributed by atoms with Crippen LogP contribution in [-0.2, 0) is 4.79 Å². The molecule has 0 spiro atoms. The van der Waals surface area contributed by atoms with E-state index in [-0.39, 0.29) is 17.1 Å². The minimum absolute atomic E-state index is 0.0839. The maximum Gasteiger partial charge on any atom is 0.406 e. The fraction of sp³-hybridized carbons (Fsp3) is 0.429. The van der Waals surface area contributed by atoms with Crippen molar-refractivity contribution < 1.29 is 32.2 Å². The number of nitrogens with zero attached hydrogens (tertiary/aromatic N) is 1. The average molecular weight is 319 g/mol. The topological polar surface area (TPSA) is 55.8 Å². The Morgan fingerprint density at radius 3 is 2.41 bits per heavy atom. The number of carbonyl (C=O) groups is 2. The van der Waals surface area contributed by atoms with Crippen LogP contribution in [0.5, 0.6) is 11.5 Å². The molecule has 0 bridgehead atoms. The summed E-state index contributed by atoms with van der Waals surface area (Å²) in [5, 5.41) is 0. The number of alkyl halides is 3. The summed E-state index contributed by atoms with van der Waals surface area (Å²) in [6.45, 7) is -0.667. The predicted octanol–water partition coefficient (Wildman–Crippen LogP) is 2.30. The van der Waals surface area contributed by atoms with E-state index in [1.165, 1.54) is 26.2 Å². The van der Waals surface area contributed by atoms with Crippen molar-refractivity contribution in [2.45, 2.75) is 13.1 Å². The van der Waals surface area contributed by atoms with E-state index >= 15 is 0 Å². The number of ketones is 1. The highest BCUT2D eigenvalue weighted by atomic mass is 19.4. The molecule has 122 valence electrons. The fourth-order valence-corrected chi connectivity index (χ4v) is 1.65. The third-order valence-electron chi connectivity index (χ3n) is 2.76. The Kier molecular flexibility index (Phi) is 5.78. The van der Waals surface area contributed by atoms with Gasteiger partial charge < -0.3 is 14.4 Å². The molecule has 0 saturated heterocycles. The molecular formula is C14H16F3NO4. The number of ether oxygens (including phenoxy) is 2. The molecule has 0 heterocycles. The first-order chi connectivity index (χ1) is 10.1. The van der Waals surface area contributed by atoms with Gasteiger partial charge in [0.1, 0.15) is 18.0 Å². The minimum atomic E-state index is -4.48. The second-order valence-corrected chi connectivity index (χ2v) is 4.57. The van der Waals surface area contributed by atoms with Crippen LogP contribution in [0.3, 0.4) is 0 Å². The monoisotopic (exact) mass is 319 g/mol. The van der Waals surface area contributed by atoms with Gasteiger partial charge in [-0.2, -0.15) is 13.2 Å². The number of carbonyl (C=O) groups excluding carboxylic acids is 2. The molecule has 1 aromatic carbocycles. The summed E-state index contributed by atoms with van der Waals surface area (Å²) >= 11 is 0. The quantitative estimate of drug-likeness (QED) is 0.755. The minimum Gasteiger partial charge on any atom is -0.497 e. The number of hydrogen-bond donors (Lipinski definition) is 0. The van der Waals surface area contributed by atoms with E-state index in [9.17, 15) is 22.8 Å². The predicted molar refractivity (Wildman–Crippen MR) is 72.2 cm³/mol. The fourth-order valence-electron chi connectivity index (χ4n) is 1.65. The zero-order valence-corrected chi connectivity index (χ0v) is 12.4. The largest absolute Gasteiger partial charge is 0.497 e. The zero-order valence-electron chi connectivity index (χ0n) is 12.4. The molecular weight excluding hydrogens is 303 g/mol. The highest BCUT2D eigenvalue weighted by Gasteiger charge is 2.31. The Bertz CT molecular complexity index is 558. The third kappa shape index (κ3) is 5.27. The van der Waals surface area contributed by atoms with Gasteiger partial charge in [0.2, 0.25) is 0 Å². The summed E-state index contributed by atoms with van der Waals surface area (Å²) in [6, 6.07) is 4.40. The van der Waals surface area contributed by atoms with Crippen LogP contribution in [0.2, 0.25) is 0 Å². The Morgan fingerprint density at radius 1 is 1.27 bits per heavy atom. The number of methoxy groups -OCH3 is 1. The van der Waals surface area contributed by atoms with Crippen LogP contribution in [0.25, 0.3) is 0 Å². The second-order valence-electron chi connectivity index (χ2n) is 4.57. The van der Waals surface area contributed by atoms with Crippen LogP contribution in [0.4, 0.5) is 13.2 Å². The van der Waals surface area contributed by atoms with Crippen molar-refractivity contribution in [3.8, 4) is 11.5 Å². The Hall–Kier alpha value is -2.25. The number of rotatable bonds is 6. The van der Waals surface area contributed by atoms with Gasteiger partial charge in [0.25, 0.3) is 5.91 Å². The number of Topliss-reactive ketones (excluding diaryl/α,β-unsaturated/α-hetero) is 1. The lowest BCUT2D eigenvalue weighted by Crippen LogP contribution is -2.38. The summed E-state index contributed by atoms with van der Waals surface area (Å²) in [6.07, 6.45) is -4.48. The summed E-state index contributed by atoms with van der Waals surface area (Å²) in [5.41, 5.74) is 0.215. The number of likely N-dealkylation sites (N-methyl/N-ethyl adjacent to an activating group) is 1. The van der Waals surface area contributed by atoms with Gasteiger partial charge >= 0.3 is 6.18 Å². The standard InChI is InChI=1S/C14H16F3NO4/c1-9(19)11-5-4-10(21-3)6-12(11)22-7-13(20)18(2)8-14(15,16)17/h4-6H,7-8H2,1-3H3. The molecule has 0 atom stereocenters. The smallest absolute Gasteiger partial charge is 0.406 e. The Labute approximate surface area is 125 Å².